The van der Waals surface area contributed by atoms with Gasteiger partial charge in [-0.2, -0.15) is 0 Å². The van der Waals surface area contributed by atoms with E-state index in [4.69, 9.17) is 9.47 Å². The van der Waals surface area contributed by atoms with Crippen LogP contribution in [0.15, 0.2) is 0 Å². The van der Waals surface area contributed by atoms with Crippen molar-refractivity contribution in [3.05, 3.63) is 0 Å². The molecule has 0 aliphatic carbocycles. The summed E-state index contributed by atoms with van der Waals surface area (Å²) in [6.45, 7) is 6.34. The van der Waals surface area contributed by atoms with Crippen LogP contribution in [0.3, 0.4) is 0 Å². The van der Waals surface area contributed by atoms with E-state index in [1.165, 1.54) is 0 Å². The SMILES string of the molecule is CCOCC(O)CN1CCCC1C(=O)OCC. The number of rotatable bonds is 7. The molecule has 1 N–H and O–H groups in total. The Morgan fingerprint density at radius 3 is 2.88 bits per heavy atom. The fourth-order valence-corrected chi connectivity index (χ4v) is 2.13. The molecule has 1 fully saturated rings. The van der Waals surface area contributed by atoms with Crippen LogP contribution in [0, 0.1) is 0 Å². The first-order valence-electron chi connectivity index (χ1n) is 6.35. The number of carbonyl (C=O) groups is 1. The largest absolute Gasteiger partial charge is 0.465 e. The molecule has 1 rings (SSSR count). The van der Waals surface area contributed by atoms with E-state index in [0.29, 0.717) is 26.4 Å². The maximum atomic E-state index is 11.7. The summed E-state index contributed by atoms with van der Waals surface area (Å²) in [7, 11) is 0. The molecule has 1 heterocycles. The summed E-state index contributed by atoms with van der Waals surface area (Å²) in [4.78, 5) is 13.7. The van der Waals surface area contributed by atoms with Gasteiger partial charge in [-0.1, -0.05) is 0 Å². The first-order valence-corrected chi connectivity index (χ1v) is 6.35. The van der Waals surface area contributed by atoms with E-state index in [1.54, 1.807) is 6.92 Å². The monoisotopic (exact) mass is 245 g/mol. The third-order valence-electron chi connectivity index (χ3n) is 2.88. The molecule has 0 amide bonds. The predicted octanol–water partition coefficient (Wildman–Crippen LogP) is 0.411. The minimum atomic E-state index is -0.537. The predicted molar refractivity (Wildman–Crippen MR) is 63.7 cm³/mol. The Kier molecular flexibility index (Phi) is 6.47. The summed E-state index contributed by atoms with van der Waals surface area (Å²) in [6.07, 6.45) is 1.26. The van der Waals surface area contributed by atoms with E-state index in [0.717, 1.165) is 19.4 Å². The summed E-state index contributed by atoms with van der Waals surface area (Å²) in [5.74, 6) is -0.173. The van der Waals surface area contributed by atoms with Crippen LogP contribution < -0.4 is 0 Å². The first-order chi connectivity index (χ1) is 8.19. The van der Waals surface area contributed by atoms with Crippen LogP contribution in [0.2, 0.25) is 0 Å². The van der Waals surface area contributed by atoms with Gasteiger partial charge in [0.05, 0.1) is 19.3 Å². The van der Waals surface area contributed by atoms with E-state index in [2.05, 4.69) is 0 Å². The highest BCUT2D eigenvalue weighted by Crippen LogP contribution is 2.18. The molecule has 100 valence electrons. The Labute approximate surface area is 103 Å². The van der Waals surface area contributed by atoms with Crippen molar-refractivity contribution >= 4 is 5.97 Å². The van der Waals surface area contributed by atoms with Gasteiger partial charge in [0, 0.05) is 13.2 Å². The van der Waals surface area contributed by atoms with E-state index in [-0.39, 0.29) is 12.0 Å². The third kappa shape index (κ3) is 4.61. The fraction of sp³-hybridized carbons (Fsp3) is 0.917. The van der Waals surface area contributed by atoms with Crippen molar-refractivity contribution in [1.82, 2.24) is 4.90 Å². The van der Waals surface area contributed by atoms with Crippen LogP contribution >= 0.6 is 0 Å². The first kappa shape index (κ1) is 14.4. The normalized spacial score (nSPS) is 22.6. The number of carbonyl (C=O) groups excluding carboxylic acids is 1. The molecule has 0 radical (unpaired) electrons. The van der Waals surface area contributed by atoms with Gasteiger partial charge >= 0.3 is 5.97 Å². The van der Waals surface area contributed by atoms with Crippen LogP contribution in [-0.4, -0.2) is 61.0 Å². The Bertz CT molecular complexity index is 235. The number of hydrogen-bond acceptors (Lipinski definition) is 5. The molecule has 0 spiro atoms. The van der Waals surface area contributed by atoms with Gasteiger partial charge in [0.15, 0.2) is 0 Å². The molecule has 1 aliphatic heterocycles. The highest BCUT2D eigenvalue weighted by atomic mass is 16.5. The van der Waals surface area contributed by atoms with Crippen molar-refractivity contribution in [2.75, 3.05) is 32.9 Å². The van der Waals surface area contributed by atoms with Crippen molar-refractivity contribution in [2.45, 2.75) is 38.8 Å². The molecule has 17 heavy (non-hydrogen) atoms. The lowest BCUT2D eigenvalue weighted by Crippen LogP contribution is -2.42. The van der Waals surface area contributed by atoms with E-state index < -0.39 is 6.10 Å². The van der Waals surface area contributed by atoms with Crippen LogP contribution in [0.1, 0.15) is 26.7 Å². The quantitative estimate of drug-likeness (QED) is 0.658. The topological polar surface area (TPSA) is 59.0 Å². The minimum absolute atomic E-state index is 0.173. The van der Waals surface area contributed by atoms with Gasteiger partial charge in [-0.15, -0.1) is 0 Å². The average molecular weight is 245 g/mol. The minimum Gasteiger partial charge on any atom is -0.465 e. The number of hydrogen-bond donors (Lipinski definition) is 1. The van der Waals surface area contributed by atoms with Gasteiger partial charge in [0.25, 0.3) is 0 Å². The zero-order valence-corrected chi connectivity index (χ0v) is 10.7. The number of aliphatic hydroxyl groups is 1. The fourth-order valence-electron chi connectivity index (χ4n) is 2.13. The van der Waals surface area contributed by atoms with Crippen molar-refractivity contribution in [2.24, 2.45) is 0 Å². The molecule has 1 saturated heterocycles. The Morgan fingerprint density at radius 1 is 1.47 bits per heavy atom. The van der Waals surface area contributed by atoms with E-state index in [1.807, 2.05) is 11.8 Å². The lowest BCUT2D eigenvalue weighted by atomic mass is 10.2. The van der Waals surface area contributed by atoms with Crippen molar-refractivity contribution in [3.8, 4) is 0 Å². The second kappa shape index (κ2) is 7.63. The standard InChI is InChI=1S/C12H23NO4/c1-3-16-9-10(14)8-13-7-5-6-11(13)12(15)17-4-2/h10-11,14H,3-9H2,1-2H3. The van der Waals surface area contributed by atoms with Crippen LogP contribution in [0.25, 0.3) is 0 Å². The van der Waals surface area contributed by atoms with Gasteiger partial charge in [0.1, 0.15) is 6.04 Å². The zero-order valence-electron chi connectivity index (χ0n) is 10.7. The molecule has 2 atom stereocenters. The summed E-state index contributed by atoms with van der Waals surface area (Å²) in [5, 5.41) is 9.75. The molecule has 0 aromatic heterocycles. The molecule has 0 aromatic carbocycles. The molecule has 5 nitrogen and oxygen atoms in total. The maximum absolute atomic E-state index is 11.7. The smallest absolute Gasteiger partial charge is 0.323 e. The number of β-amino-alcohol motifs (C(OH)–C–C–N with tert-alkyl or cyclic N) is 1. The zero-order chi connectivity index (χ0) is 12.7. The summed E-state index contributed by atoms with van der Waals surface area (Å²) >= 11 is 0. The molecular formula is C12H23NO4. The van der Waals surface area contributed by atoms with E-state index in [9.17, 15) is 9.90 Å². The molecule has 0 saturated carbocycles. The van der Waals surface area contributed by atoms with Gasteiger partial charge in [-0.3, -0.25) is 9.69 Å². The van der Waals surface area contributed by atoms with Crippen molar-refractivity contribution in [1.29, 1.82) is 0 Å². The van der Waals surface area contributed by atoms with Crippen LogP contribution in [-0.2, 0) is 14.3 Å². The summed E-state index contributed by atoms with van der Waals surface area (Å²) < 4.78 is 10.2. The van der Waals surface area contributed by atoms with Gasteiger partial charge in [-0.25, -0.2) is 0 Å². The number of esters is 1. The van der Waals surface area contributed by atoms with Gasteiger partial charge in [-0.05, 0) is 33.2 Å². The summed E-state index contributed by atoms with van der Waals surface area (Å²) in [5.41, 5.74) is 0. The Balaban J connectivity index is 2.38. The lowest BCUT2D eigenvalue weighted by Gasteiger charge is -2.25. The highest BCUT2D eigenvalue weighted by molar-refractivity contribution is 5.76. The molecule has 0 bridgehead atoms. The van der Waals surface area contributed by atoms with Crippen molar-refractivity contribution in [3.63, 3.8) is 0 Å². The third-order valence-corrected chi connectivity index (χ3v) is 2.88. The van der Waals surface area contributed by atoms with Gasteiger partial charge in [0.2, 0.25) is 0 Å². The van der Waals surface area contributed by atoms with Gasteiger partial charge < -0.3 is 14.6 Å². The maximum Gasteiger partial charge on any atom is 0.323 e. The highest BCUT2D eigenvalue weighted by Gasteiger charge is 2.32. The van der Waals surface area contributed by atoms with E-state index >= 15 is 0 Å². The Morgan fingerprint density at radius 2 is 2.24 bits per heavy atom. The second-order valence-electron chi connectivity index (χ2n) is 4.22. The number of ether oxygens (including phenoxy) is 2. The van der Waals surface area contributed by atoms with Crippen LogP contribution in [0.4, 0.5) is 0 Å². The number of nitrogens with zero attached hydrogens (tertiary/aromatic N) is 1. The summed E-state index contributed by atoms with van der Waals surface area (Å²) in [6, 6.07) is -0.189. The lowest BCUT2D eigenvalue weighted by molar-refractivity contribution is -0.148. The molecule has 5 heteroatoms. The average Bonchev–Trinajstić information content (AvgIpc) is 2.75. The van der Waals surface area contributed by atoms with Crippen LogP contribution in [0.5, 0.6) is 0 Å². The number of likely N-dealkylation sites (tertiary alicyclic amines) is 1. The Hall–Kier alpha value is -0.650. The second-order valence-corrected chi connectivity index (χ2v) is 4.22. The molecule has 1 aliphatic rings. The molecule has 2 unspecified atom stereocenters. The molecule has 0 aromatic rings. The number of aliphatic hydroxyl groups excluding tert-OH is 1. The van der Waals surface area contributed by atoms with Crippen molar-refractivity contribution < 1.29 is 19.4 Å². The molecular weight excluding hydrogens is 222 g/mol.